The van der Waals surface area contributed by atoms with E-state index in [0.29, 0.717) is 12.0 Å². The van der Waals surface area contributed by atoms with E-state index in [4.69, 9.17) is 0 Å². The molecule has 0 radical (unpaired) electrons. The third-order valence-electron chi connectivity index (χ3n) is 5.39. The Morgan fingerprint density at radius 3 is 2.50 bits per heavy atom. The van der Waals surface area contributed by atoms with E-state index < -0.39 is 0 Å². The molecule has 0 saturated carbocycles. The number of hydrogen-bond donors (Lipinski definition) is 2. The molecule has 0 aromatic heterocycles. The summed E-state index contributed by atoms with van der Waals surface area (Å²) in [7, 11) is 3.54. The number of hydrogen-bond acceptors (Lipinski definition) is 3. The highest BCUT2D eigenvalue weighted by atomic mass is 16.2. The number of piperidine rings is 1. The average molecular weight is 394 g/mol. The fraction of sp³-hybridized carbons (Fsp3) is 0.818. The lowest BCUT2D eigenvalue weighted by molar-refractivity contribution is -0.127. The van der Waals surface area contributed by atoms with Crippen molar-refractivity contribution in [2.45, 2.75) is 65.3 Å². The molecule has 1 saturated heterocycles. The Labute approximate surface area is 172 Å². The molecule has 6 heteroatoms. The molecule has 2 N–H and O–H groups in total. The quantitative estimate of drug-likeness (QED) is 0.322. The van der Waals surface area contributed by atoms with E-state index in [-0.39, 0.29) is 12.5 Å². The molecule has 0 aromatic rings. The number of unbranched alkanes of at least 4 members (excludes halogenated alkanes) is 1. The van der Waals surface area contributed by atoms with Gasteiger partial charge in [0.15, 0.2) is 5.96 Å². The highest BCUT2D eigenvalue weighted by Gasteiger charge is 2.20. The first kappa shape index (κ1) is 24.5. The summed E-state index contributed by atoms with van der Waals surface area (Å²) in [5.74, 6) is 1.45. The van der Waals surface area contributed by atoms with Crippen molar-refractivity contribution >= 4 is 11.9 Å². The third-order valence-corrected chi connectivity index (χ3v) is 5.39. The van der Waals surface area contributed by atoms with Gasteiger partial charge in [0.1, 0.15) is 6.54 Å². The molecule has 0 aliphatic carbocycles. The summed E-state index contributed by atoms with van der Waals surface area (Å²) in [5.41, 5.74) is 1.22. The number of carbonyl (C=O) groups excluding carboxylic acids is 1. The molecular weight excluding hydrogens is 350 g/mol. The van der Waals surface area contributed by atoms with Gasteiger partial charge in [-0.15, -0.1) is 0 Å². The van der Waals surface area contributed by atoms with Gasteiger partial charge in [-0.25, -0.2) is 4.99 Å². The number of carbonyl (C=O) groups is 1. The minimum atomic E-state index is 0.0235. The Morgan fingerprint density at radius 1 is 1.29 bits per heavy atom. The van der Waals surface area contributed by atoms with Crippen LogP contribution in [0.2, 0.25) is 0 Å². The Bertz CT molecular complexity index is 495. The smallest absolute Gasteiger partial charge is 0.243 e. The molecule has 0 spiro atoms. The minimum absolute atomic E-state index is 0.0235. The molecule has 1 fully saturated rings. The average Bonchev–Trinajstić information content (AvgIpc) is 2.66. The van der Waals surface area contributed by atoms with Crippen LogP contribution in [0.25, 0.3) is 0 Å². The van der Waals surface area contributed by atoms with Gasteiger partial charge in [-0.05, 0) is 32.1 Å². The number of likely N-dealkylation sites (tertiary alicyclic amines) is 1. The molecule has 1 amide bonds. The van der Waals surface area contributed by atoms with Crippen molar-refractivity contribution in [2.75, 3.05) is 46.8 Å². The van der Waals surface area contributed by atoms with Gasteiger partial charge >= 0.3 is 0 Å². The van der Waals surface area contributed by atoms with Gasteiger partial charge in [0, 0.05) is 46.3 Å². The van der Waals surface area contributed by atoms with Crippen LogP contribution in [0.4, 0.5) is 0 Å². The van der Waals surface area contributed by atoms with Crippen LogP contribution in [0, 0.1) is 5.92 Å². The number of amides is 1. The molecular formula is C22H43N5O. The number of guanidine groups is 1. The van der Waals surface area contributed by atoms with Crippen LogP contribution in [0.1, 0.15) is 59.3 Å². The SMILES string of the molecule is C=C(C)CN1CCC(NC(=NCC(=O)N(C)C)NCC(CC)CCCC)CC1. The zero-order chi connectivity index (χ0) is 20.9. The van der Waals surface area contributed by atoms with Crippen LogP contribution in [0.15, 0.2) is 17.1 Å². The molecule has 1 rings (SSSR count). The summed E-state index contributed by atoms with van der Waals surface area (Å²) in [5, 5.41) is 7.08. The number of nitrogens with one attached hydrogen (secondary N) is 2. The second-order valence-corrected chi connectivity index (χ2v) is 8.40. The molecule has 1 aliphatic rings. The second-order valence-electron chi connectivity index (χ2n) is 8.40. The van der Waals surface area contributed by atoms with E-state index in [1.165, 1.54) is 24.8 Å². The Morgan fingerprint density at radius 2 is 1.96 bits per heavy atom. The van der Waals surface area contributed by atoms with E-state index in [1.54, 1.807) is 19.0 Å². The maximum absolute atomic E-state index is 12.0. The van der Waals surface area contributed by atoms with Crippen molar-refractivity contribution in [3.63, 3.8) is 0 Å². The Hall–Kier alpha value is -1.56. The maximum atomic E-state index is 12.0. The highest BCUT2D eigenvalue weighted by Crippen LogP contribution is 2.13. The summed E-state index contributed by atoms with van der Waals surface area (Å²) in [6.07, 6.45) is 7.07. The van der Waals surface area contributed by atoms with Crippen molar-refractivity contribution in [1.82, 2.24) is 20.4 Å². The van der Waals surface area contributed by atoms with Crippen molar-refractivity contribution in [2.24, 2.45) is 10.9 Å². The van der Waals surface area contributed by atoms with Crippen LogP contribution in [0.3, 0.4) is 0 Å². The molecule has 0 bridgehead atoms. The van der Waals surface area contributed by atoms with Crippen molar-refractivity contribution in [1.29, 1.82) is 0 Å². The van der Waals surface area contributed by atoms with Gasteiger partial charge < -0.3 is 15.5 Å². The van der Waals surface area contributed by atoms with Crippen LogP contribution in [0.5, 0.6) is 0 Å². The summed E-state index contributed by atoms with van der Waals surface area (Å²) in [6, 6.07) is 0.401. The predicted octanol–water partition coefficient (Wildman–Crippen LogP) is 2.87. The summed E-state index contributed by atoms with van der Waals surface area (Å²) < 4.78 is 0. The zero-order valence-electron chi connectivity index (χ0n) is 18.9. The number of aliphatic imine (C=N–C) groups is 1. The summed E-state index contributed by atoms with van der Waals surface area (Å²) in [6.45, 7) is 14.8. The van der Waals surface area contributed by atoms with E-state index in [2.05, 4.69) is 47.9 Å². The van der Waals surface area contributed by atoms with Gasteiger partial charge in [0.05, 0.1) is 0 Å². The van der Waals surface area contributed by atoms with E-state index in [0.717, 1.165) is 51.4 Å². The second kappa shape index (κ2) is 13.6. The monoisotopic (exact) mass is 393 g/mol. The zero-order valence-corrected chi connectivity index (χ0v) is 18.9. The molecule has 1 atom stereocenters. The molecule has 1 unspecified atom stereocenters. The Kier molecular flexibility index (Phi) is 11.9. The first-order chi connectivity index (χ1) is 13.3. The van der Waals surface area contributed by atoms with Crippen LogP contribution in [-0.2, 0) is 4.79 Å². The summed E-state index contributed by atoms with van der Waals surface area (Å²) in [4.78, 5) is 20.6. The van der Waals surface area contributed by atoms with E-state index in [1.807, 2.05) is 0 Å². The lowest BCUT2D eigenvalue weighted by atomic mass is 9.99. The van der Waals surface area contributed by atoms with Crippen molar-refractivity contribution < 1.29 is 4.79 Å². The number of nitrogens with zero attached hydrogens (tertiary/aromatic N) is 3. The van der Waals surface area contributed by atoms with Gasteiger partial charge in [-0.1, -0.05) is 45.3 Å². The fourth-order valence-electron chi connectivity index (χ4n) is 3.44. The highest BCUT2D eigenvalue weighted by molar-refractivity contribution is 5.84. The Balaban J connectivity index is 2.61. The lowest BCUT2D eigenvalue weighted by Crippen LogP contribution is -2.49. The largest absolute Gasteiger partial charge is 0.356 e. The third kappa shape index (κ3) is 10.1. The maximum Gasteiger partial charge on any atom is 0.243 e. The molecule has 6 nitrogen and oxygen atoms in total. The molecule has 1 heterocycles. The first-order valence-corrected chi connectivity index (χ1v) is 11.0. The lowest BCUT2D eigenvalue weighted by Gasteiger charge is -2.33. The molecule has 0 aromatic carbocycles. The van der Waals surface area contributed by atoms with Crippen molar-refractivity contribution in [3.05, 3.63) is 12.2 Å². The van der Waals surface area contributed by atoms with Gasteiger partial charge in [-0.3, -0.25) is 9.69 Å². The van der Waals surface area contributed by atoms with Crippen LogP contribution in [-0.4, -0.2) is 74.5 Å². The summed E-state index contributed by atoms with van der Waals surface area (Å²) >= 11 is 0. The number of likely N-dealkylation sites (N-methyl/N-ethyl adjacent to an activating group) is 1. The van der Waals surface area contributed by atoms with Crippen molar-refractivity contribution in [3.8, 4) is 0 Å². The van der Waals surface area contributed by atoms with E-state index in [9.17, 15) is 4.79 Å². The normalized spacial score (nSPS) is 17.2. The minimum Gasteiger partial charge on any atom is -0.356 e. The van der Waals surface area contributed by atoms with Gasteiger partial charge in [-0.2, -0.15) is 0 Å². The molecule has 1 aliphatic heterocycles. The van der Waals surface area contributed by atoms with Gasteiger partial charge in [0.25, 0.3) is 0 Å². The van der Waals surface area contributed by atoms with Gasteiger partial charge in [0.2, 0.25) is 5.91 Å². The van der Waals surface area contributed by atoms with Crippen LogP contribution < -0.4 is 10.6 Å². The topological polar surface area (TPSA) is 60.0 Å². The first-order valence-electron chi connectivity index (χ1n) is 11.0. The van der Waals surface area contributed by atoms with Crippen LogP contribution >= 0.6 is 0 Å². The molecule has 162 valence electrons. The molecule has 28 heavy (non-hydrogen) atoms. The number of rotatable bonds is 11. The van der Waals surface area contributed by atoms with E-state index >= 15 is 0 Å². The standard InChI is InChI=1S/C22H43N5O/c1-7-9-10-19(8-2)15-23-22(24-16-21(28)26(5)6)25-20-11-13-27(14-12-20)17-18(3)4/h19-20H,3,7-17H2,1-2,4-6H3,(H2,23,24,25). The fourth-order valence-corrected chi connectivity index (χ4v) is 3.44. The predicted molar refractivity (Wildman–Crippen MR) is 120 cm³/mol.